The Hall–Kier alpha value is -4.11. The predicted octanol–water partition coefficient (Wildman–Crippen LogP) is 3.65. The molecular weight excluding hydrogens is 416 g/mol. The molecule has 9 heteroatoms. The number of nitro groups is 1. The van der Waals surface area contributed by atoms with Crippen molar-refractivity contribution in [2.75, 3.05) is 5.32 Å². The molecule has 0 spiro atoms. The summed E-state index contributed by atoms with van der Waals surface area (Å²) in [6.45, 7) is 0.363. The molecule has 0 saturated carbocycles. The van der Waals surface area contributed by atoms with Crippen molar-refractivity contribution < 1.29 is 14.5 Å². The van der Waals surface area contributed by atoms with Crippen LogP contribution in [-0.2, 0) is 6.54 Å². The Labute approximate surface area is 183 Å². The van der Waals surface area contributed by atoms with Gasteiger partial charge in [-0.15, -0.1) is 0 Å². The number of amides is 2. The molecule has 0 aliphatic rings. The van der Waals surface area contributed by atoms with Crippen molar-refractivity contribution in [2.45, 2.75) is 6.54 Å². The minimum Gasteiger partial charge on any atom is -0.348 e. The molecule has 0 aliphatic heterocycles. The van der Waals surface area contributed by atoms with Crippen LogP contribution >= 0.6 is 12.2 Å². The summed E-state index contributed by atoms with van der Waals surface area (Å²) in [5.74, 6) is -0.910. The van der Waals surface area contributed by atoms with Crippen LogP contribution < -0.4 is 16.0 Å². The van der Waals surface area contributed by atoms with Crippen LogP contribution in [0, 0.1) is 10.1 Å². The number of nitrogens with zero attached hydrogens (tertiary/aromatic N) is 1. The van der Waals surface area contributed by atoms with Crippen molar-refractivity contribution in [3.8, 4) is 0 Å². The van der Waals surface area contributed by atoms with Gasteiger partial charge in [0.2, 0.25) is 0 Å². The highest BCUT2D eigenvalue weighted by Crippen LogP contribution is 2.16. The van der Waals surface area contributed by atoms with Crippen LogP contribution in [0.3, 0.4) is 0 Å². The second kappa shape index (κ2) is 10.1. The monoisotopic (exact) mass is 434 g/mol. The zero-order valence-electron chi connectivity index (χ0n) is 16.2. The molecule has 3 N–H and O–H groups in total. The Morgan fingerprint density at radius 2 is 1.61 bits per heavy atom. The van der Waals surface area contributed by atoms with Crippen LogP contribution in [0.15, 0.2) is 78.9 Å². The second-order valence-corrected chi connectivity index (χ2v) is 6.84. The van der Waals surface area contributed by atoms with Crippen molar-refractivity contribution in [1.82, 2.24) is 10.6 Å². The third kappa shape index (κ3) is 5.94. The molecule has 0 aromatic heterocycles. The van der Waals surface area contributed by atoms with Gasteiger partial charge in [0.15, 0.2) is 5.11 Å². The van der Waals surface area contributed by atoms with Gasteiger partial charge in [-0.25, -0.2) is 0 Å². The van der Waals surface area contributed by atoms with E-state index in [1.807, 2.05) is 30.3 Å². The molecule has 31 heavy (non-hydrogen) atoms. The fourth-order valence-electron chi connectivity index (χ4n) is 2.75. The SMILES string of the molecule is O=C(NC(=S)Nc1ccccc1C(=O)NCc1ccccc1)c1cccc([N+](=O)[O-])c1. The number of non-ortho nitro benzene ring substituents is 1. The first kappa shape index (κ1) is 21.6. The minimum absolute atomic E-state index is 0.0418. The molecule has 3 rings (SSSR count). The average molecular weight is 434 g/mol. The Morgan fingerprint density at radius 3 is 2.35 bits per heavy atom. The standard InChI is InChI=1S/C22H18N4O4S/c27-20(16-9-6-10-17(13-16)26(29)30)25-22(31)24-19-12-5-4-11-18(19)21(28)23-14-15-7-2-1-3-8-15/h1-13H,14H2,(H,23,28)(H2,24,25,27,31). The zero-order chi connectivity index (χ0) is 22.2. The number of nitrogens with one attached hydrogen (secondary N) is 3. The maximum absolute atomic E-state index is 12.6. The number of benzene rings is 3. The molecule has 0 fully saturated rings. The van der Waals surface area contributed by atoms with E-state index in [-0.39, 0.29) is 22.3 Å². The molecule has 8 nitrogen and oxygen atoms in total. The third-order valence-electron chi connectivity index (χ3n) is 4.26. The summed E-state index contributed by atoms with van der Waals surface area (Å²) in [5.41, 5.74) is 1.61. The van der Waals surface area contributed by atoms with Crippen LogP contribution in [0.5, 0.6) is 0 Å². The van der Waals surface area contributed by atoms with Crippen LogP contribution in [-0.4, -0.2) is 21.9 Å². The first-order valence-electron chi connectivity index (χ1n) is 9.22. The van der Waals surface area contributed by atoms with Gasteiger partial charge in [-0.2, -0.15) is 0 Å². The molecule has 0 atom stereocenters. The Kier molecular flexibility index (Phi) is 7.02. The molecule has 0 radical (unpaired) electrons. The summed E-state index contributed by atoms with van der Waals surface area (Å²) < 4.78 is 0. The van der Waals surface area contributed by atoms with E-state index in [9.17, 15) is 19.7 Å². The maximum Gasteiger partial charge on any atom is 0.270 e. The molecule has 0 bridgehead atoms. The lowest BCUT2D eigenvalue weighted by molar-refractivity contribution is -0.384. The van der Waals surface area contributed by atoms with E-state index in [4.69, 9.17) is 12.2 Å². The molecule has 3 aromatic rings. The summed E-state index contributed by atoms with van der Waals surface area (Å²) in [6.07, 6.45) is 0. The van der Waals surface area contributed by atoms with E-state index < -0.39 is 10.8 Å². The van der Waals surface area contributed by atoms with E-state index in [1.54, 1.807) is 24.3 Å². The van der Waals surface area contributed by atoms with E-state index in [2.05, 4.69) is 16.0 Å². The third-order valence-corrected chi connectivity index (χ3v) is 4.47. The number of nitro benzene ring substituents is 1. The van der Waals surface area contributed by atoms with Crippen LogP contribution in [0.25, 0.3) is 0 Å². The number of thiocarbonyl (C=S) groups is 1. The van der Waals surface area contributed by atoms with Gasteiger partial charge < -0.3 is 10.6 Å². The normalized spacial score (nSPS) is 10.1. The van der Waals surface area contributed by atoms with Gasteiger partial charge in [-0.3, -0.25) is 25.0 Å². The number of anilines is 1. The number of para-hydroxylation sites is 1. The number of carbonyl (C=O) groups is 2. The van der Waals surface area contributed by atoms with Crippen molar-refractivity contribution in [2.24, 2.45) is 0 Å². The molecule has 3 aromatic carbocycles. The van der Waals surface area contributed by atoms with Crippen LogP contribution in [0.1, 0.15) is 26.3 Å². The first-order valence-corrected chi connectivity index (χ1v) is 9.63. The van der Waals surface area contributed by atoms with Gasteiger partial charge in [0, 0.05) is 24.2 Å². The number of hydrogen-bond acceptors (Lipinski definition) is 5. The number of carbonyl (C=O) groups excluding carboxylic acids is 2. The second-order valence-electron chi connectivity index (χ2n) is 6.43. The number of hydrogen-bond donors (Lipinski definition) is 3. The van der Waals surface area contributed by atoms with Crippen molar-refractivity contribution in [3.63, 3.8) is 0 Å². The zero-order valence-corrected chi connectivity index (χ0v) is 17.0. The van der Waals surface area contributed by atoms with Crippen molar-refractivity contribution in [3.05, 3.63) is 106 Å². The Bertz CT molecular complexity index is 1140. The smallest absolute Gasteiger partial charge is 0.270 e. The van der Waals surface area contributed by atoms with Crippen molar-refractivity contribution in [1.29, 1.82) is 0 Å². The van der Waals surface area contributed by atoms with Gasteiger partial charge in [0.25, 0.3) is 17.5 Å². The summed E-state index contributed by atoms with van der Waals surface area (Å²) in [5, 5.41) is 19.0. The predicted molar refractivity (Wildman–Crippen MR) is 121 cm³/mol. The van der Waals surface area contributed by atoms with E-state index in [0.717, 1.165) is 11.6 Å². The Morgan fingerprint density at radius 1 is 0.903 bits per heavy atom. The molecule has 0 saturated heterocycles. The summed E-state index contributed by atoms with van der Waals surface area (Å²) >= 11 is 5.18. The molecular formula is C22H18N4O4S. The lowest BCUT2D eigenvalue weighted by atomic mass is 10.1. The highest BCUT2D eigenvalue weighted by Gasteiger charge is 2.15. The van der Waals surface area contributed by atoms with Gasteiger partial charge in [-0.05, 0) is 36.0 Å². The molecule has 0 aliphatic carbocycles. The minimum atomic E-state index is -0.604. The summed E-state index contributed by atoms with van der Waals surface area (Å²) in [4.78, 5) is 35.3. The summed E-state index contributed by atoms with van der Waals surface area (Å²) in [6, 6.07) is 21.5. The quantitative estimate of drug-likeness (QED) is 0.310. The van der Waals surface area contributed by atoms with E-state index >= 15 is 0 Å². The molecule has 0 heterocycles. The molecule has 0 unspecified atom stereocenters. The highest BCUT2D eigenvalue weighted by atomic mass is 32.1. The topological polar surface area (TPSA) is 113 Å². The molecule has 156 valence electrons. The fraction of sp³-hybridized carbons (Fsp3) is 0.0455. The fourth-order valence-corrected chi connectivity index (χ4v) is 2.96. The van der Waals surface area contributed by atoms with Crippen molar-refractivity contribution >= 4 is 40.5 Å². The van der Waals surface area contributed by atoms with Gasteiger partial charge in [0.1, 0.15) is 0 Å². The van der Waals surface area contributed by atoms with Crippen LogP contribution in [0.2, 0.25) is 0 Å². The largest absolute Gasteiger partial charge is 0.348 e. The average Bonchev–Trinajstić information content (AvgIpc) is 2.78. The summed E-state index contributed by atoms with van der Waals surface area (Å²) in [7, 11) is 0. The van der Waals surface area contributed by atoms with Gasteiger partial charge in [-0.1, -0.05) is 48.5 Å². The lowest BCUT2D eigenvalue weighted by Gasteiger charge is -2.13. The van der Waals surface area contributed by atoms with Crippen LogP contribution in [0.4, 0.5) is 11.4 Å². The first-order chi connectivity index (χ1) is 14.9. The maximum atomic E-state index is 12.6. The highest BCUT2D eigenvalue weighted by molar-refractivity contribution is 7.80. The van der Waals surface area contributed by atoms with Gasteiger partial charge >= 0.3 is 0 Å². The van der Waals surface area contributed by atoms with E-state index in [0.29, 0.717) is 17.8 Å². The van der Waals surface area contributed by atoms with E-state index in [1.165, 1.54) is 18.2 Å². The Balaban J connectivity index is 1.65. The number of rotatable bonds is 6. The lowest BCUT2D eigenvalue weighted by Crippen LogP contribution is -2.35. The van der Waals surface area contributed by atoms with Gasteiger partial charge in [0.05, 0.1) is 16.2 Å². The molecule has 2 amide bonds.